The molecule has 1 unspecified atom stereocenters. The van der Waals surface area contributed by atoms with Crippen LogP contribution >= 0.6 is 39.1 Å². The first kappa shape index (κ1) is 15.2. The zero-order valence-electron chi connectivity index (χ0n) is 10.1. The Labute approximate surface area is 134 Å². The van der Waals surface area contributed by atoms with Crippen LogP contribution in [-0.2, 0) is 4.79 Å². The summed E-state index contributed by atoms with van der Waals surface area (Å²) in [6.07, 6.45) is 0. The van der Waals surface area contributed by atoms with Gasteiger partial charge in [0.05, 0.1) is 15.7 Å². The highest BCUT2D eigenvalue weighted by atomic mass is 79.9. The number of para-hydroxylation sites is 1. The summed E-state index contributed by atoms with van der Waals surface area (Å²) in [6.45, 7) is 0. The van der Waals surface area contributed by atoms with E-state index in [0.717, 1.165) is 0 Å². The second kappa shape index (κ2) is 6.48. The van der Waals surface area contributed by atoms with E-state index in [9.17, 15) is 9.90 Å². The highest BCUT2D eigenvalue weighted by Crippen LogP contribution is 2.30. The standard InChI is InChI=1S/C14H10BrCl2NO2/c15-9-7-8(5-6-10(9)16)13(14(19)20)18-12-4-2-1-3-11(12)17/h1-7,13,18H,(H,19,20). The predicted octanol–water partition coefficient (Wildman–Crippen LogP) is 4.99. The third kappa shape index (κ3) is 3.45. The molecule has 0 aliphatic carbocycles. The van der Waals surface area contributed by atoms with Crippen LogP contribution in [0.5, 0.6) is 0 Å². The number of benzene rings is 2. The van der Waals surface area contributed by atoms with Gasteiger partial charge >= 0.3 is 5.97 Å². The Bertz CT molecular complexity index is 649. The largest absolute Gasteiger partial charge is 0.479 e. The maximum absolute atomic E-state index is 11.5. The number of anilines is 1. The number of carboxylic acids is 1. The number of halogens is 3. The average Bonchev–Trinajstić information content (AvgIpc) is 2.41. The summed E-state index contributed by atoms with van der Waals surface area (Å²) in [5.41, 5.74) is 1.14. The van der Waals surface area contributed by atoms with E-state index in [1.165, 1.54) is 0 Å². The first-order valence-electron chi connectivity index (χ1n) is 5.68. The van der Waals surface area contributed by atoms with Crippen molar-refractivity contribution in [2.75, 3.05) is 5.32 Å². The molecule has 0 bridgehead atoms. The highest BCUT2D eigenvalue weighted by Gasteiger charge is 2.21. The monoisotopic (exact) mass is 373 g/mol. The fourth-order valence-corrected chi connectivity index (χ4v) is 2.42. The summed E-state index contributed by atoms with van der Waals surface area (Å²) < 4.78 is 0.642. The quantitative estimate of drug-likeness (QED) is 0.792. The lowest BCUT2D eigenvalue weighted by molar-refractivity contribution is -0.138. The van der Waals surface area contributed by atoms with Gasteiger partial charge in [0.2, 0.25) is 0 Å². The summed E-state index contributed by atoms with van der Waals surface area (Å²) >= 11 is 15.2. The van der Waals surface area contributed by atoms with Crippen molar-refractivity contribution in [3.63, 3.8) is 0 Å². The van der Waals surface area contributed by atoms with Crippen molar-refractivity contribution in [3.05, 3.63) is 62.5 Å². The molecule has 20 heavy (non-hydrogen) atoms. The molecule has 0 amide bonds. The van der Waals surface area contributed by atoms with Gasteiger partial charge in [0.15, 0.2) is 6.04 Å². The molecule has 0 aliphatic heterocycles. The summed E-state index contributed by atoms with van der Waals surface area (Å²) in [6, 6.07) is 11.0. The van der Waals surface area contributed by atoms with Crippen LogP contribution in [0.4, 0.5) is 5.69 Å². The van der Waals surface area contributed by atoms with Crippen molar-refractivity contribution in [1.29, 1.82) is 0 Å². The molecule has 1 atom stereocenters. The molecule has 0 saturated heterocycles. The SMILES string of the molecule is O=C(O)C(Nc1ccccc1Cl)c1ccc(Cl)c(Br)c1. The molecule has 2 aromatic rings. The van der Waals surface area contributed by atoms with Crippen molar-refractivity contribution in [1.82, 2.24) is 0 Å². The molecule has 0 saturated carbocycles. The van der Waals surface area contributed by atoms with Crippen molar-refractivity contribution < 1.29 is 9.90 Å². The normalized spacial score (nSPS) is 11.9. The van der Waals surface area contributed by atoms with Crippen molar-refractivity contribution >= 4 is 50.8 Å². The number of nitrogens with one attached hydrogen (secondary N) is 1. The molecular weight excluding hydrogens is 365 g/mol. The van der Waals surface area contributed by atoms with E-state index in [0.29, 0.717) is 25.8 Å². The second-order valence-electron chi connectivity index (χ2n) is 4.07. The smallest absolute Gasteiger partial charge is 0.330 e. The lowest BCUT2D eigenvalue weighted by Gasteiger charge is -2.17. The van der Waals surface area contributed by atoms with Gasteiger partial charge in [-0.3, -0.25) is 0 Å². The zero-order valence-corrected chi connectivity index (χ0v) is 13.2. The molecule has 2 N–H and O–H groups in total. The Kier molecular flexibility index (Phi) is 4.91. The van der Waals surface area contributed by atoms with Crippen LogP contribution in [0.3, 0.4) is 0 Å². The average molecular weight is 375 g/mol. The van der Waals surface area contributed by atoms with Gasteiger partial charge in [-0.05, 0) is 45.8 Å². The Balaban J connectivity index is 2.34. The fraction of sp³-hybridized carbons (Fsp3) is 0.0714. The number of hydrogen-bond donors (Lipinski definition) is 2. The van der Waals surface area contributed by atoms with Crippen LogP contribution in [0.15, 0.2) is 46.9 Å². The summed E-state index contributed by atoms with van der Waals surface area (Å²) in [5.74, 6) is -1.00. The molecule has 0 fully saturated rings. The van der Waals surface area contributed by atoms with Crippen LogP contribution in [0.1, 0.15) is 11.6 Å². The number of rotatable bonds is 4. The van der Waals surface area contributed by atoms with Gasteiger partial charge < -0.3 is 10.4 Å². The lowest BCUT2D eigenvalue weighted by atomic mass is 10.1. The number of carboxylic acid groups (broad SMARTS) is 1. The van der Waals surface area contributed by atoms with E-state index >= 15 is 0 Å². The van der Waals surface area contributed by atoms with Crippen LogP contribution in [0, 0.1) is 0 Å². The van der Waals surface area contributed by atoms with Gasteiger partial charge in [-0.25, -0.2) is 4.79 Å². The molecule has 6 heteroatoms. The Morgan fingerprint density at radius 2 is 1.85 bits per heavy atom. The Morgan fingerprint density at radius 1 is 1.15 bits per heavy atom. The van der Waals surface area contributed by atoms with Gasteiger partial charge in [0.1, 0.15) is 0 Å². The van der Waals surface area contributed by atoms with Gasteiger partial charge in [-0.2, -0.15) is 0 Å². The van der Waals surface area contributed by atoms with Crippen LogP contribution < -0.4 is 5.32 Å². The lowest BCUT2D eigenvalue weighted by Crippen LogP contribution is -2.20. The Hall–Kier alpha value is -1.23. The molecule has 0 aromatic heterocycles. The molecular formula is C14H10BrCl2NO2. The third-order valence-electron chi connectivity index (χ3n) is 2.70. The molecule has 0 aliphatic rings. The van der Waals surface area contributed by atoms with E-state index in [4.69, 9.17) is 23.2 Å². The first-order valence-corrected chi connectivity index (χ1v) is 7.23. The maximum atomic E-state index is 11.5. The number of carbonyl (C=O) groups is 1. The van der Waals surface area contributed by atoms with Gasteiger partial charge in [0, 0.05) is 4.47 Å². The minimum atomic E-state index is -1.00. The van der Waals surface area contributed by atoms with Gasteiger partial charge in [-0.1, -0.05) is 41.4 Å². The molecule has 0 heterocycles. The molecule has 2 aromatic carbocycles. The van der Waals surface area contributed by atoms with Crippen LogP contribution in [0.25, 0.3) is 0 Å². The molecule has 3 nitrogen and oxygen atoms in total. The number of aliphatic carboxylic acids is 1. The van der Waals surface area contributed by atoms with E-state index in [2.05, 4.69) is 21.2 Å². The molecule has 104 valence electrons. The van der Waals surface area contributed by atoms with Crippen LogP contribution in [-0.4, -0.2) is 11.1 Å². The maximum Gasteiger partial charge on any atom is 0.330 e. The zero-order chi connectivity index (χ0) is 14.7. The second-order valence-corrected chi connectivity index (χ2v) is 5.74. The fourth-order valence-electron chi connectivity index (χ4n) is 1.71. The van der Waals surface area contributed by atoms with Gasteiger partial charge in [-0.15, -0.1) is 0 Å². The minimum Gasteiger partial charge on any atom is -0.479 e. The van der Waals surface area contributed by atoms with E-state index in [1.807, 2.05) is 0 Å². The van der Waals surface area contributed by atoms with E-state index in [-0.39, 0.29) is 0 Å². The predicted molar refractivity (Wildman–Crippen MR) is 84.6 cm³/mol. The topological polar surface area (TPSA) is 49.3 Å². The van der Waals surface area contributed by atoms with Crippen molar-refractivity contribution in [2.45, 2.75) is 6.04 Å². The molecule has 0 radical (unpaired) electrons. The number of hydrogen-bond acceptors (Lipinski definition) is 2. The highest BCUT2D eigenvalue weighted by molar-refractivity contribution is 9.10. The molecule has 0 spiro atoms. The minimum absolute atomic E-state index is 0.465. The summed E-state index contributed by atoms with van der Waals surface area (Å²) in [4.78, 5) is 11.5. The molecule has 2 rings (SSSR count). The summed E-state index contributed by atoms with van der Waals surface area (Å²) in [7, 11) is 0. The summed E-state index contributed by atoms with van der Waals surface area (Å²) in [5, 5.41) is 13.3. The van der Waals surface area contributed by atoms with E-state index < -0.39 is 12.0 Å². The van der Waals surface area contributed by atoms with Gasteiger partial charge in [0.25, 0.3) is 0 Å². The van der Waals surface area contributed by atoms with Crippen LogP contribution in [0.2, 0.25) is 10.0 Å². The van der Waals surface area contributed by atoms with E-state index in [1.54, 1.807) is 42.5 Å². The third-order valence-corrected chi connectivity index (χ3v) is 4.24. The van der Waals surface area contributed by atoms with Crippen molar-refractivity contribution in [2.24, 2.45) is 0 Å². The first-order chi connectivity index (χ1) is 9.49. The van der Waals surface area contributed by atoms with Crippen molar-refractivity contribution in [3.8, 4) is 0 Å². The Morgan fingerprint density at radius 3 is 2.45 bits per heavy atom.